The lowest BCUT2D eigenvalue weighted by Gasteiger charge is -2.38. The molecular weight excluding hydrogens is 406 g/mol. The molecule has 1 aliphatic rings. The van der Waals surface area contributed by atoms with Crippen LogP contribution in [0.4, 0.5) is 0 Å². The highest BCUT2D eigenvalue weighted by Gasteiger charge is 2.38. The van der Waals surface area contributed by atoms with Crippen molar-refractivity contribution >= 4 is 10.0 Å². The Morgan fingerprint density at radius 1 is 0.806 bits per heavy atom. The molecule has 1 fully saturated rings. The topological polar surface area (TPSA) is 57.6 Å². The van der Waals surface area contributed by atoms with Gasteiger partial charge in [-0.05, 0) is 73.1 Å². The summed E-state index contributed by atoms with van der Waals surface area (Å²) in [4.78, 5) is 0.346. The molecule has 162 valence electrons. The van der Waals surface area contributed by atoms with Gasteiger partial charge < -0.3 is 5.11 Å². The second-order valence-corrected chi connectivity index (χ2v) is 10.4. The maximum atomic E-state index is 13.1. The molecule has 0 atom stereocenters. The number of aliphatic hydroxyl groups is 1. The lowest BCUT2D eigenvalue weighted by Crippen LogP contribution is -2.45. The molecule has 1 N–H and O–H groups in total. The Balaban J connectivity index is 1.52. The molecular formula is C26H29NO3S. The maximum absolute atomic E-state index is 13.1. The fraction of sp³-hybridized carbons (Fsp3) is 0.308. The van der Waals surface area contributed by atoms with Crippen LogP contribution in [0.1, 0.15) is 35.1 Å². The lowest BCUT2D eigenvalue weighted by molar-refractivity contribution is -0.00960. The third kappa shape index (κ3) is 4.05. The lowest BCUT2D eigenvalue weighted by atomic mass is 9.84. The Labute approximate surface area is 185 Å². The molecule has 31 heavy (non-hydrogen) atoms. The van der Waals surface area contributed by atoms with Crippen molar-refractivity contribution in [3.8, 4) is 11.1 Å². The van der Waals surface area contributed by atoms with Gasteiger partial charge in [-0.15, -0.1) is 0 Å². The van der Waals surface area contributed by atoms with E-state index >= 15 is 0 Å². The third-order valence-corrected chi connectivity index (χ3v) is 8.66. The van der Waals surface area contributed by atoms with Gasteiger partial charge in [-0.25, -0.2) is 8.42 Å². The van der Waals surface area contributed by atoms with E-state index in [1.54, 1.807) is 12.1 Å². The zero-order valence-electron chi connectivity index (χ0n) is 18.3. The van der Waals surface area contributed by atoms with Crippen molar-refractivity contribution in [2.45, 2.75) is 44.1 Å². The van der Waals surface area contributed by atoms with Crippen molar-refractivity contribution < 1.29 is 13.5 Å². The van der Waals surface area contributed by atoms with Crippen molar-refractivity contribution in [3.05, 3.63) is 89.0 Å². The molecule has 4 nitrogen and oxygen atoms in total. The number of piperidine rings is 1. The molecule has 3 aromatic carbocycles. The van der Waals surface area contributed by atoms with Gasteiger partial charge in [0.1, 0.15) is 0 Å². The van der Waals surface area contributed by atoms with Crippen LogP contribution in [0.2, 0.25) is 0 Å². The summed E-state index contributed by atoms with van der Waals surface area (Å²) < 4.78 is 27.6. The Bertz CT molecular complexity index is 1190. The minimum atomic E-state index is -3.55. The van der Waals surface area contributed by atoms with Crippen LogP contribution in [0, 0.1) is 20.8 Å². The summed E-state index contributed by atoms with van der Waals surface area (Å²) >= 11 is 0. The molecule has 0 aliphatic carbocycles. The van der Waals surface area contributed by atoms with E-state index in [0.29, 0.717) is 30.8 Å². The van der Waals surface area contributed by atoms with Crippen molar-refractivity contribution in [2.24, 2.45) is 0 Å². The standard InChI is InChI=1S/C26H29NO3S/c1-19-8-6-9-24(21(19)3)22-11-13-23(14-12-22)26(28)15-17-27(18-16-26)31(29,30)25-10-5-4-7-20(25)2/h4-14,28H,15-18H2,1-3H3. The number of nitrogens with zero attached hydrogens (tertiary/aromatic N) is 1. The molecule has 4 rings (SSSR count). The predicted molar refractivity (Wildman–Crippen MR) is 124 cm³/mol. The van der Waals surface area contributed by atoms with Crippen LogP contribution in [0.15, 0.2) is 71.6 Å². The fourth-order valence-corrected chi connectivity index (χ4v) is 6.06. The molecule has 1 heterocycles. The van der Waals surface area contributed by atoms with Crippen molar-refractivity contribution in [1.29, 1.82) is 0 Å². The first-order valence-corrected chi connectivity index (χ1v) is 12.1. The molecule has 0 spiro atoms. The van der Waals surface area contributed by atoms with Crippen LogP contribution in [-0.2, 0) is 15.6 Å². The number of sulfonamides is 1. The van der Waals surface area contributed by atoms with Gasteiger partial charge in [-0.2, -0.15) is 4.31 Å². The maximum Gasteiger partial charge on any atom is 0.243 e. The van der Waals surface area contributed by atoms with E-state index in [4.69, 9.17) is 0 Å². The van der Waals surface area contributed by atoms with E-state index < -0.39 is 15.6 Å². The van der Waals surface area contributed by atoms with Crippen LogP contribution in [0.3, 0.4) is 0 Å². The molecule has 0 bridgehead atoms. The molecule has 0 saturated carbocycles. The summed E-state index contributed by atoms with van der Waals surface area (Å²) in [6, 6.07) is 21.4. The summed E-state index contributed by atoms with van der Waals surface area (Å²) in [5, 5.41) is 11.3. The van der Waals surface area contributed by atoms with Crippen LogP contribution in [0.5, 0.6) is 0 Å². The second kappa shape index (κ2) is 8.23. The van der Waals surface area contributed by atoms with Crippen LogP contribution in [-0.4, -0.2) is 30.9 Å². The Hall–Kier alpha value is -2.47. The summed E-state index contributed by atoms with van der Waals surface area (Å²) in [5.41, 5.74) is 5.38. The number of benzene rings is 3. The zero-order chi connectivity index (χ0) is 22.2. The summed E-state index contributed by atoms with van der Waals surface area (Å²) in [7, 11) is -3.55. The highest BCUT2D eigenvalue weighted by molar-refractivity contribution is 7.89. The molecule has 1 aliphatic heterocycles. The van der Waals surface area contributed by atoms with E-state index in [-0.39, 0.29) is 0 Å². The molecule has 3 aromatic rings. The zero-order valence-corrected chi connectivity index (χ0v) is 19.1. The van der Waals surface area contributed by atoms with Crippen molar-refractivity contribution in [2.75, 3.05) is 13.1 Å². The van der Waals surface area contributed by atoms with Gasteiger partial charge in [0.05, 0.1) is 10.5 Å². The first-order valence-electron chi connectivity index (χ1n) is 10.7. The first-order chi connectivity index (χ1) is 14.7. The van der Waals surface area contributed by atoms with Gasteiger partial charge >= 0.3 is 0 Å². The smallest absolute Gasteiger partial charge is 0.243 e. The molecule has 0 radical (unpaired) electrons. The van der Waals surface area contributed by atoms with Crippen LogP contribution in [0.25, 0.3) is 11.1 Å². The molecule has 0 amide bonds. The van der Waals surface area contributed by atoms with Gasteiger partial charge in [-0.1, -0.05) is 60.7 Å². The van der Waals surface area contributed by atoms with E-state index in [0.717, 1.165) is 16.7 Å². The monoisotopic (exact) mass is 435 g/mol. The number of aryl methyl sites for hydroxylation is 2. The SMILES string of the molecule is Cc1ccccc1S(=O)(=O)N1CCC(O)(c2ccc(-c3cccc(C)c3C)cc2)CC1. The van der Waals surface area contributed by atoms with Gasteiger partial charge in [0.15, 0.2) is 0 Å². The largest absolute Gasteiger partial charge is 0.385 e. The van der Waals surface area contributed by atoms with Gasteiger partial charge in [0.25, 0.3) is 0 Å². The van der Waals surface area contributed by atoms with Crippen molar-refractivity contribution in [1.82, 2.24) is 4.31 Å². The highest BCUT2D eigenvalue weighted by atomic mass is 32.2. The summed E-state index contributed by atoms with van der Waals surface area (Å²) in [6.07, 6.45) is 0.752. The molecule has 1 saturated heterocycles. The summed E-state index contributed by atoms with van der Waals surface area (Å²) in [6.45, 7) is 6.63. The van der Waals surface area contributed by atoms with Gasteiger partial charge in [0.2, 0.25) is 10.0 Å². The minimum Gasteiger partial charge on any atom is -0.385 e. The first kappa shape index (κ1) is 21.8. The Kier molecular flexibility index (Phi) is 5.77. The van der Waals surface area contributed by atoms with Gasteiger partial charge in [-0.3, -0.25) is 0 Å². The van der Waals surface area contributed by atoms with E-state index in [9.17, 15) is 13.5 Å². The Morgan fingerprint density at radius 2 is 1.42 bits per heavy atom. The van der Waals surface area contributed by atoms with Gasteiger partial charge in [0, 0.05) is 13.1 Å². The van der Waals surface area contributed by atoms with Crippen LogP contribution >= 0.6 is 0 Å². The Morgan fingerprint density at radius 3 is 2.06 bits per heavy atom. The number of hydrogen-bond donors (Lipinski definition) is 1. The van der Waals surface area contributed by atoms with Crippen molar-refractivity contribution in [3.63, 3.8) is 0 Å². The van der Waals surface area contributed by atoms with E-state index in [1.807, 2.05) is 43.3 Å². The van der Waals surface area contributed by atoms with Crippen LogP contribution < -0.4 is 0 Å². The quantitative estimate of drug-likeness (QED) is 0.631. The summed E-state index contributed by atoms with van der Waals surface area (Å²) in [5.74, 6) is 0. The normalized spacial score (nSPS) is 16.9. The average molecular weight is 436 g/mol. The third-order valence-electron chi connectivity index (χ3n) is 6.60. The van der Waals surface area contributed by atoms with E-state index in [1.165, 1.54) is 21.0 Å². The fourth-order valence-electron chi connectivity index (χ4n) is 4.39. The van der Waals surface area contributed by atoms with E-state index in [2.05, 4.69) is 32.0 Å². The molecule has 0 aromatic heterocycles. The minimum absolute atomic E-state index is 0.298. The number of rotatable bonds is 4. The average Bonchev–Trinajstić information content (AvgIpc) is 2.76. The number of hydrogen-bond acceptors (Lipinski definition) is 3. The predicted octanol–water partition coefficient (Wildman–Crippen LogP) is 4.95. The second-order valence-electron chi connectivity index (χ2n) is 8.53. The molecule has 0 unspecified atom stereocenters. The molecule has 5 heteroatoms. The highest BCUT2D eigenvalue weighted by Crippen LogP contribution is 2.36.